The third kappa shape index (κ3) is 4.29. The highest BCUT2D eigenvalue weighted by Crippen LogP contribution is 2.22. The molecule has 112 valence electrons. The van der Waals surface area contributed by atoms with Crippen molar-refractivity contribution in [1.82, 2.24) is 15.2 Å². The Morgan fingerprint density at radius 1 is 1.40 bits per heavy atom. The van der Waals surface area contributed by atoms with Crippen molar-refractivity contribution in [3.8, 4) is 0 Å². The van der Waals surface area contributed by atoms with E-state index in [-0.39, 0.29) is 0 Å². The number of nitrogens with zero attached hydrogens (tertiary/aromatic N) is 2. The molecule has 1 aromatic rings. The lowest BCUT2D eigenvalue weighted by molar-refractivity contribution is 0.147. The first kappa shape index (κ1) is 15.5. The number of rotatable bonds is 6. The molecule has 1 fully saturated rings. The van der Waals surface area contributed by atoms with Gasteiger partial charge in [0.25, 0.3) is 0 Å². The van der Waals surface area contributed by atoms with Crippen LogP contribution in [0.2, 0.25) is 0 Å². The molecule has 1 aliphatic rings. The summed E-state index contributed by atoms with van der Waals surface area (Å²) in [6.45, 7) is 10.6. The average molecular weight is 275 g/mol. The van der Waals surface area contributed by atoms with Gasteiger partial charge >= 0.3 is 0 Å². The van der Waals surface area contributed by atoms with Gasteiger partial charge in [0.1, 0.15) is 0 Å². The van der Waals surface area contributed by atoms with Crippen LogP contribution in [0.15, 0.2) is 24.4 Å². The van der Waals surface area contributed by atoms with Crippen LogP contribution < -0.4 is 5.32 Å². The number of aromatic nitrogens is 1. The van der Waals surface area contributed by atoms with Gasteiger partial charge in [0.15, 0.2) is 0 Å². The van der Waals surface area contributed by atoms with Crippen molar-refractivity contribution in [3.63, 3.8) is 0 Å². The van der Waals surface area contributed by atoms with Crippen molar-refractivity contribution in [2.75, 3.05) is 19.6 Å². The Morgan fingerprint density at radius 3 is 2.95 bits per heavy atom. The minimum atomic E-state index is 0.327. The molecule has 0 amide bonds. The summed E-state index contributed by atoms with van der Waals surface area (Å²) < 4.78 is 0. The molecular weight excluding hydrogens is 246 g/mol. The summed E-state index contributed by atoms with van der Waals surface area (Å²) in [4.78, 5) is 7.07. The van der Waals surface area contributed by atoms with Crippen molar-refractivity contribution in [1.29, 1.82) is 0 Å². The molecule has 0 aromatic carbocycles. The molecule has 2 rings (SSSR count). The van der Waals surface area contributed by atoms with Crippen molar-refractivity contribution < 1.29 is 0 Å². The van der Waals surface area contributed by atoms with Gasteiger partial charge in [-0.1, -0.05) is 13.0 Å². The number of hydrogen-bond acceptors (Lipinski definition) is 3. The van der Waals surface area contributed by atoms with Crippen LogP contribution in [-0.4, -0.2) is 35.6 Å². The molecule has 3 atom stereocenters. The van der Waals surface area contributed by atoms with Gasteiger partial charge in [0.05, 0.1) is 5.69 Å². The van der Waals surface area contributed by atoms with E-state index in [9.17, 15) is 0 Å². The zero-order chi connectivity index (χ0) is 14.4. The van der Waals surface area contributed by atoms with E-state index < -0.39 is 0 Å². The van der Waals surface area contributed by atoms with Crippen LogP contribution in [0.25, 0.3) is 0 Å². The molecule has 0 radical (unpaired) electrons. The summed E-state index contributed by atoms with van der Waals surface area (Å²) >= 11 is 0. The quantitative estimate of drug-likeness (QED) is 0.864. The van der Waals surface area contributed by atoms with Crippen LogP contribution in [0, 0.1) is 5.92 Å². The standard InChI is InChI=1S/C17H29N3/c1-4-11-20-12-7-8-16(13-20)14(2)19-15(3)17-9-5-6-10-18-17/h5-6,9-10,14-16,19H,4,7-8,11-13H2,1-3H3/t14?,15-,16?/m0/s1. The number of likely N-dealkylation sites (tertiary alicyclic amines) is 1. The summed E-state index contributed by atoms with van der Waals surface area (Å²) in [7, 11) is 0. The minimum Gasteiger partial charge on any atom is -0.306 e. The third-order valence-electron chi connectivity index (χ3n) is 4.43. The van der Waals surface area contributed by atoms with Gasteiger partial charge in [-0.05, 0) is 64.3 Å². The fraction of sp³-hybridized carbons (Fsp3) is 0.706. The predicted molar refractivity (Wildman–Crippen MR) is 84.7 cm³/mol. The van der Waals surface area contributed by atoms with Gasteiger partial charge in [0, 0.05) is 24.8 Å². The first-order valence-corrected chi connectivity index (χ1v) is 8.10. The highest BCUT2D eigenvalue weighted by atomic mass is 15.1. The van der Waals surface area contributed by atoms with Gasteiger partial charge in [-0.3, -0.25) is 4.98 Å². The fourth-order valence-corrected chi connectivity index (χ4v) is 3.27. The highest BCUT2D eigenvalue weighted by Gasteiger charge is 2.25. The van der Waals surface area contributed by atoms with Gasteiger partial charge in [-0.25, -0.2) is 0 Å². The molecule has 1 aromatic heterocycles. The number of pyridine rings is 1. The zero-order valence-corrected chi connectivity index (χ0v) is 13.2. The number of nitrogens with one attached hydrogen (secondary N) is 1. The fourth-order valence-electron chi connectivity index (χ4n) is 3.27. The first-order chi connectivity index (χ1) is 9.70. The lowest BCUT2D eigenvalue weighted by Crippen LogP contribution is -2.45. The van der Waals surface area contributed by atoms with Crippen LogP contribution >= 0.6 is 0 Å². The van der Waals surface area contributed by atoms with Crippen molar-refractivity contribution in [2.45, 2.75) is 52.1 Å². The maximum Gasteiger partial charge on any atom is 0.0570 e. The summed E-state index contributed by atoms with van der Waals surface area (Å²) in [6.07, 6.45) is 5.83. The molecule has 0 saturated carbocycles. The topological polar surface area (TPSA) is 28.2 Å². The lowest BCUT2D eigenvalue weighted by atomic mass is 9.91. The van der Waals surface area contributed by atoms with Crippen LogP contribution in [0.3, 0.4) is 0 Å². The Balaban J connectivity index is 1.86. The van der Waals surface area contributed by atoms with E-state index in [0.29, 0.717) is 12.1 Å². The molecule has 0 spiro atoms. The third-order valence-corrected chi connectivity index (χ3v) is 4.43. The van der Waals surface area contributed by atoms with Crippen molar-refractivity contribution >= 4 is 0 Å². The van der Waals surface area contributed by atoms with E-state index in [1.165, 1.54) is 38.9 Å². The van der Waals surface area contributed by atoms with Crippen LogP contribution in [-0.2, 0) is 0 Å². The lowest BCUT2D eigenvalue weighted by Gasteiger charge is -2.37. The summed E-state index contributed by atoms with van der Waals surface area (Å²) in [5.41, 5.74) is 1.14. The molecule has 0 aliphatic carbocycles. The zero-order valence-electron chi connectivity index (χ0n) is 13.2. The summed E-state index contributed by atoms with van der Waals surface area (Å²) in [6, 6.07) is 7.02. The van der Waals surface area contributed by atoms with Crippen molar-refractivity contribution in [2.24, 2.45) is 5.92 Å². The van der Waals surface area contributed by atoms with Crippen molar-refractivity contribution in [3.05, 3.63) is 30.1 Å². The van der Waals surface area contributed by atoms with Gasteiger partial charge in [-0.2, -0.15) is 0 Å². The Kier molecular flexibility index (Phi) is 5.99. The largest absolute Gasteiger partial charge is 0.306 e. The Morgan fingerprint density at radius 2 is 2.25 bits per heavy atom. The second kappa shape index (κ2) is 7.75. The highest BCUT2D eigenvalue weighted by molar-refractivity contribution is 5.08. The summed E-state index contributed by atoms with van der Waals surface area (Å²) in [5, 5.41) is 3.74. The second-order valence-electron chi connectivity index (χ2n) is 6.13. The predicted octanol–water partition coefficient (Wildman–Crippen LogP) is 3.24. The van der Waals surface area contributed by atoms with Crippen LogP contribution in [0.4, 0.5) is 0 Å². The molecule has 1 N–H and O–H groups in total. The molecule has 0 bridgehead atoms. The molecular formula is C17H29N3. The Bertz CT molecular complexity index is 377. The Hall–Kier alpha value is -0.930. The minimum absolute atomic E-state index is 0.327. The molecule has 2 heterocycles. The maximum atomic E-state index is 4.45. The van der Waals surface area contributed by atoms with E-state index in [1.807, 2.05) is 12.3 Å². The average Bonchev–Trinajstić information content (AvgIpc) is 2.48. The second-order valence-corrected chi connectivity index (χ2v) is 6.13. The van der Waals surface area contributed by atoms with Crippen LogP contribution in [0.1, 0.15) is 51.8 Å². The van der Waals surface area contributed by atoms with E-state index in [2.05, 4.69) is 48.1 Å². The van der Waals surface area contributed by atoms with E-state index in [4.69, 9.17) is 0 Å². The molecule has 20 heavy (non-hydrogen) atoms. The molecule has 1 aliphatic heterocycles. The number of piperidine rings is 1. The summed E-state index contributed by atoms with van der Waals surface area (Å²) in [5.74, 6) is 0.765. The van der Waals surface area contributed by atoms with Gasteiger partial charge in [0.2, 0.25) is 0 Å². The molecule has 2 unspecified atom stereocenters. The monoisotopic (exact) mass is 275 g/mol. The first-order valence-electron chi connectivity index (χ1n) is 8.10. The van der Waals surface area contributed by atoms with Gasteiger partial charge in [-0.15, -0.1) is 0 Å². The molecule has 3 heteroatoms. The van der Waals surface area contributed by atoms with E-state index in [1.54, 1.807) is 0 Å². The van der Waals surface area contributed by atoms with Gasteiger partial charge < -0.3 is 10.2 Å². The maximum absolute atomic E-state index is 4.45. The SMILES string of the molecule is CCCN1CCCC(C(C)N[C@@H](C)c2ccccn2)C1. The smallest absolute Gasteiger partial charge is 0.0570 e. The molecule has 3 nitrogen and oxygen atoms in total. The normalized spacial score (nSPS) is 23.4. The Labute approximate surface area is 123 Å². The number of hydrogen-bond donors (Lipinski definition) is 1. The van der Waals surface area contributed by atoms with Crippen LogP contribution in [0.5, 0.6) is 0 Å². The molecule has 1 saturated heterocycles. The van der Waals surface area contributed by atoms with E-state index in [0.717, 1.165) is 11.6 Å². The van der Waals surface area contributed by atoms with E-state index >= 15 is 0 Å².